The van der Waals surface area contributed by atoms with Crippen LogP contribution in [0.15, 0.2) is 12.2 Å². The molecular formula is C9H16O2. The Kier molecular flexibility index (Phi) is 2.68. The molecule has 1 aliphatic carbocycles. The molecule has 0 unspecified atom stereocenters. The van der Waals surface area contributed by atoms with Crippen LogP contribution in [0.5, 0.6) is 0 Å². The van der Waals surface area contributed by atoms with E-state index in [1.54, 1.807) is 6.08 Å². The third-order valence-corrected chi connectivity index (χ3v) is 2.51. The van der Waals surface area contributed by atoms with Gasteiger partial charge in [0.15, 0.2) is 0 Å². The van der Waals surface area contributed by atoms with Crippen molar-refractivity contribution in [2.45, 2.75) is 31.8 Å². The Morgan fingerprint density at radius 3 is 2.91 bits per heavy atom. The summed E-state index contributed by atoms with van der Waals surface area (Å²) in [6, 6.07) is 0. The lowest BCUT2D eigenvalue weighted by molar-refractivity contribution is 0.0238. The fourth-order valence-corrected chi connectivity index (χ4v) is 1.84. The number of hydrogen-bond donors (Lipinski definition) is 2. The number of hydrogen-bond acceptors (Lipinski definition) is 2. The van der Waals surface area contributed by atoms with Crippen molar-refractivity contribution in [1.82, 2.24) is 0 Å². The predicted octanol–water partition coefficient (Wildman–Crippen LogP) is 1.09. The van der Waals surface area contributed by atoms with Gasteiger partial charge in [0, 0.05) is 12.5 Å². The summed E-state index contributed by atoms with van der Waals surface area (Å²) < 4.78 is 0. The van der Waals surface area contributed by atoms with Gasteiger partial charge in [-0.1, -0.05) is 12.2 Å². The SMILES string of the molecule is C/C=C/[C@]1(O)CCC[C@@H]1CO. The lowest BCUT2D eigenvalue weighted by atomic mass is 9.91. The van der Waals surface area contributed by atoms with Crippen LogP contribution < -0.4 is 0 Å². The highest BCUT2D eigenvalue weighted by atomic mass is 16.3. The summed E-state index contributed by atoms with van der Waals surface area (Å²) in [7, 11) is 0. The van der Waals surface area contributed by atoms with Gasteiger partial charge in [0.1, 0.15) is 0 Å². The van der Waals surface area contributed by atoms with Crippen LogP contribution in [0.2, 0.25) is 0 Å². The Balaban J connectivity index is 2.66. The summed E-state index contributed by atoms with van der Waals surface area (Å²) in [6.07, 6.45) is 6.42. The Morgan fingerprint density at radius 2 is 2.36 bits per heavy atom. The average Bonchev–Trinajstić information content (AvgIpc) is 2.31. The molecule has 2 nitrogen and oxygen atoms in total. The summed E-state index contributed by atoms with van der Waals surface area (Å²) in [5.41, 5.74) is -0.719. The van der Waals surface area contributed by atoms with Crippen molar-refractivity contribution in [1.29, 1.82) is 0 Å². The molecule has 64 valence electrons. The van der Waals surface area contributed by atoms with Crippen LogP contribution in [0.3, 0.4) is 0 Å². The molecule has 2 atom stereocenters. The van der Waals surface area contributed by atoms with E-state index >= 15 is 0 Å². The van der Waals surface area contributed by atoms with Crippen LogP contribution in [-0.4, -0.2) is 22.4 Å². The molecule has 0 aromatic rings. The average molecular weight is 156 g/mol. The summed E-state index contributed by atoms with van der Waals surface area (Å²) in [4.78, 5) is 0. The molecule has 11 heavy (non-hydrogen) atoms. The van der Waals surface area contributed by atoms with Crippen molar-refractivity contribution in [3.05, 3.63) is 12.2 Å². The van der Waals surface area contributed by atoms with Gasteiger partial charge in [-0.05, 0) is 26.2 Å². The zero-order chi connectivity index (χ0) is 8.32. The molecule has 1 fully saturated rings. The fraction of sp³-hybridized carbons (Fsp3) is 0.778. The van der Waals surface area contributed by atoms with Crippen LogP contribution in [-0.2, 0) is 0 Å². The third-order valence-electron chi connectivity index (χ3n) is 2.51. The maximum absolute atomic E-state index is 9.90. The van der Waals surface area contributed by atoms with Gasteiger partial charge in [-0.2, -0.15) is 0 Å². The van der Waals surface area contributed by atoms with Gasteiger partial charge in [0.25, 0.3) is 0 Å². The van der Waals surface area contributed by atoms with Gasteiger partial charge in [-0.3, -0.25) is 0 Å². The first-order valence-corrected chi connectivity index (χ1v) is 4.20. The minimum absolute atomic E-state index is 0.0544. The first-order valence-electron chi connectivity index (χ1n) is 4.20. The molecule has 0 bridgehead atoms. The summed E-state index contributed by atoms with van der Waals surface area (Å²) in [5, 5.41) is 18.8. The van der Waals surface area contributed by atoms with E-state index in [4.69, 9.17) is 5.11 Å². The molecule has 2 N–H and O–H groups in total. The van der Waals surface area contributed by atoms with E-state index < -0.39 is 5.60 Å². The highest BCUT2D eigenvalue weighted by Crippen LogP contribution is 2.36. The minimum Gasteiger partial charge on any atom is -0.396 e. The van der Waals surface area contributed by atoms with Crippen molar-refractivity contribution in [3.63, 3.8) is 0 Å². The molecule has 0 aliphatic heterocycles. The fourth-order valence-electron chi connectivity index (χ4n) is 1.84. The Labute approximate surface area is 67.6 Å². The normalized spacial score (nSPS) is 38.6. The molecule has 1 aliphatic rings. The van der Waals surface area contributed by atoms with Crippen molar-refractivity contribution in [2.24, 2.45) is 5.92 Å². The van der Waals surface area contributed by atoms with Crippen LogP contribution in [0.25, 0.3) is 0 Å². The summed E-state index contributed by atoms with van der Waals surface area (Å²) in [5.74, 6) is 0.0544. The third kappa shape index (κ3) is 1.63. The van der Waals surface area contributed by atoms with E-state index in [1.165, 1.54) is 0 Å². The molecule has 2 heteroatoms. The molecule has 1 rings (SSSR count). The minimum atomic E-state index is -0.719. The maximum atomic E-state index is 9.90. The first-order chi connectivity index (χ1) is 5.23. The molecular weight excluding hydrogens is 140 g/mol. The standard InChI is InChI=1S/C9H16O2/c1-2-5-9(11)6-3-4-8(9)7-10/h2,5,8,10-11H,3-4,6-7H2,1H3/b5-2+/t8-,9+/m1/s1. The molecule has 1 saturated carbocycles. The van der Waals surface area contributed by atoms with Crippen molar-refractivity contribution in [3.8, 4) is 0 Å². The van der Waals surface area contributed by atoms with E-state index in [0.29, 0.717) is 0 Å². The van der Waals surface area contributed by atoms with Gasteiger partial charge >= 0.3 is 0 Å². The molecule has 0 heterocycles. The number of allylic oxidation sites excluding steroid dienone is 1. The van der Waals surface area contributed by atoms with Crippen molar-refractivity contribution in [2.75, 3.05) is 6.61 Å². The van der Waals surface area contributed by atoms with E-state index in [1.807, 2.05) is 13.0 Å². The summed E-state index contributed by atoms with van der Waals surface area (Å²) in [6.45, 7) is 1.99. The van der Waals surface area contributed by atoms with Crippen LogP contribution in [0.4, 0.5) is 0 Å². The second-order valence-corrected chi connectivity index (χ2v) is 3.26. The van der Waals surface area contributed by atoms with E-state index in [9.17, 15) is 5.11 Å². The molecule has 0 saturated heterocycles. The van der Waals surface area contributed by atoms with Crippen LogP contribution >= 0.6 is 0 Å². The van der Waals surface area contributed by atoms with Crippen LogP contribution in [0, 0.1) is 5.92 Å². The Morgan fingerprint density at radius 1 is 1.64 bits per heavy atom. The van der Waals surface area contributed by atoms with Gasteiger partial charge in [-0.15, -0.1) is 0 Å². The molecule has 0 aromatic heterocycles. The van der Waals surface area contributed by atoms with E-state index in [-0.39, 0.29) is 12.5 Å². The number of aliphatic hydroxyl groups is 2. The largest absolute Gasteiger partial charge is 0.396 e. The zero-order valence-corrected chi connectivity index (χ0v) is 6.95. The first kappa shape index (κ1) is 8.75. The lowest BCUT2D eigenvalue weighted by Crippen LogP contribution is -2.32. The number of rotatable bonds is 2. The molecule has 0 aromatic carbocycles. The highest BCUT2D eigenvalue weighted by Gasteiger charge is 2.37. The van der Waals surface area contributed by atoms with Crippen LogP contribution in [0.1, 0.15) is 26.2 Å². The Bertz CT molecular complexity index is 154. The number of aliphatic hydroxyl groups excluding tert-OH is 1. The highest BCUT2D eigenvalue weighted by molar-refractivity contribution is 5.06. The molecule has 0 spiro atoms. The smallest absolute Gasteiger partial charge is 0.0877 e. The second-order valence-electron chi connectivity index (χ2n) is 3.26. The second kappa shape index (κ2) is 3.37. The van der Waals surface area contributed by atoms with Gasteiger partial charge in [-0.25, -0.2) is 0 Å². The molecule has 0 amide bonds. The Hall–Kier alpha value is -0.340. The van der Waals surface area contributed by atoms with E-state index in [0.717, 1.165) is 19.3 Å². The quantitative estimate of drug-likeness (QED) is 0.587. The van der Waals surface area contributed by atoms with Crippen molar-refractivity contribution >= 4 is 0 Å². The molecule has 0 radical (unpaired) electrons. The summed E-state index contributed by atoms with van der Waals surface area (Å²) >= 11 is 0. The van der Waals surface area contributed by atoms with Gasteiger partial charge < -0.3 is 10.2 Å². The zero-order valence-electron chi connectivity index (χ0n) is 6.95. The monoisotopic (exact) mass is 156 g/mol. The van der Waals surface area contributed by atoms with Gasteiger partial charge in [0.2, 0.25) is 0 Å². The topological polar surface area (TPSA) is 40.5 Å². The maximum Gasteiger partial charge on any atom is 0.0877 e. The predicted molar refractivity (Wildman–Crippen MR) is 44.2 cm³/mol. The van der Waals surface area contributed by atoms with E-state index in [2.05, 4.69) is 0 Å². The van der Waals surface area contributed by atoms with Gasteiger partial charge in [0.05, 0.1) is 5.60 Å². The lowest BCUT2D eigenvalue weighted by Gasteiger charge is -2.24. The van der Waals surface area contributed by atoms with Crippen molar-refractivity contribution < 1.29 is 10.2 Å².